The lowest BCUT2D eigenvalue weighted by molar-refractivity contribution is -0.431. The normalized spacial score (nSPS) is 15.1. The molecule has 0 aromatic heterocycles. The lowest BCUT2D eigenvalue weighted by atomic mass is 10.1. The molecule has 9 heteroatoms. The Hall–Kier alpha value is -2.36. The van der Waals surface area contributed by atoms with Crippen molar-refractivity contribution in [2.45, 2.75) is 68.8 Å². The number of hydrogen-bond donors (Lipinski definition) is 2. The highest BCUT2D eigenvalue weighted by atomic mass is 32.2. The monoisotopic (exact) mass is 467 g/mol. The topological polar surface area (TPSA) is 168 Å². The maximum atomic E-state index is 10.8. The van der Waals surface area contributed by atoms with E-state index >= 15 is 0 Å². The summed E-state index contributed by atoms with van der Waals surface area (Å²) in [5.74, 6) is -3.29. The van der Waals surface area contributed by atoms with Gasteiger partial charge in [-0.1, -0.05) is 48.6 Å². The number of thioether (sulfide) groups is 1. The summed E-state index contributed by atoms with van der Waals surface area (Å²) >= 11 is 1.23. The highest BCUT2D eigenvalue weighted by molar-refractivity contribution is 8.00. The zero-order valence-electron chi connectivity index (χ0n) is 18.2. The summed E-state index contributed by atoms with van der Waals surface area (Å²) in [4.78, 5) is 31.7. The highest BCUT2D eigenvalue weighted by Crippen LogP contribution is 2.20. The predicted molar refractivity (Wildman–Crippen MR) is 117 cm³/mol. The molecule has 0 spiro atoms. The number of hydrogen-bond acceptors (Lipinski definition) is 8. The molecule has 0 saturated carbocycles. The molecule has 0 saturated heterocycles. The molecule has 0 aromatic rings. The van der Waals surface area contributed by atoms with Gasteiger partial charge in [-0.2, -0.15) is 0 Å². The summed E-state index contributed by atoms with van der Waals surface area (Å²) < 4.78 is 0. The van der Waals surface area contributed by atoms with Crippen molar-refractivity contribution in [3.63, 3.8) is 0 Å². The molecule has 0 unspecified atom stereocenters. The van der Waals surface area contributed by atoms with Gasteiger partial charge in [0.1, 0.15) is 6.04 Å². The molecule has 0 rings (SSSR count). The SMILES string of the molecule is [NH3+][C@@H](CS[C@H](/C=C/C=C/C=C\C/C=C\CCCCC(=O)[O-])[C@@H](O)CCCC(=O)[O-])C(=O)[O-]. The first-order chi connectivity index (χ1) is 15.2. The Morgan fingerprint density at radius 1 is 0.875 bits per heavy atom. The Morgan fingerprint density at radius 2 is 1.53 bits per heavy atom. The lowest BCUT2D eigenvalue weighted by Crippen LogP contribution is -2.69. The van der Waals surface area contributed by atoms with E-state index in [0.717, 1.165) is 19.3 Å². The molecule has 0 fully saturated rings. The van der Waals surface area contributed by atoms with E-state index in [1.165, 1.54) is 11.8 Å². The van der Waals surface area contributed by atoms with Gasteiger partial charge in [-0.25, -0.2) is 0 Å². The Balaban J connectivity index is 4.44. The van der Waals surface area contributed by atoms with Gasteiger partial charge in [0.05, 0.1) is 17.8 Å². The molecule has 0 aromatic carbocycles. The van der Waals surface area contributed by atoms with E-state index < -0.39 is 35.3 Å². The number of allylic oxidation sites excluding steroid dienone is 7. The first-order valence-electron chi connectivity index (χ1n) is 10.6. The van der Waals surface area contributed by atoms with E-state index in [1.54, 1.807) is 18.2 Å². The molecule has 32 heavy (non-hydrogen) atoms. The standard InChI is InChI=1S/C23H35NO7S/c24-18(23(30)31)17-32-20(19(25)13-12-16-22(28)29)14-10-8-6-4-2-1-3-5-7-9-11-15-21(26)27/h2-6,8,10,14,18-20,25H,1,7,9,11-13,15-17,24H2,(H,26,27)(H,28,29)(H,30,31)/p-2/b4-2-,5-3-,8-6+,14-10+/t18-,19-,20+/m0/s1. The van der Waals surface area contributed by atoms with Crippen LogP contribution in [-0.4, -0.2) is 46.2 Å². The number of carbonyl (C=O) groups is 3. The van der Waals surface area contributed by atoms with Gasteiger partial charge in [-0.05, 0) is 51.4 Å². The van der Waals surface area contributed by atoms with Crippen molar-refractivity contribution in [1.29, 1.82) is 0 Å². The van der Waals surface area contributed by atoms with Crippen LogP contribution in [0.1, 0.15) is 51.4 Å². The third-order valence-corrected chi connectivity index (χ3v) is 5.74. The maximum Gasteiger partial charge on any atom is 0.134 e. The van der Waals surface area contributed by atoms with Gasteiger partial charge < -0.3 is 40.5 Å². The van der Waals surface area contributed by atoms with Gasteiger partial charge in [-0.15, -0.1) is 11.8 Å². The zero-order chi connectivity index (χ0) is 24.2. The Kier molecular flexibility index (Phi) is 17.9. The van der Waals surface area contributed by atoms with Gasteiger partial charge in [-0.3, -0.25) is 0 Å². The molecule has 3 atom stereocenters. The number of rotatable bonds is 19. The van der Waals surface area contributed by atoms with Crippen LogP contribution in [0.2, 0.25) is 0 Å². The van der Waals surface area contributed by atoms with Crippen molar-refractivity contribution in [3.8, 4) is 0 Å². The third-order valence-electron chi connectivity index (χ3n) is 4.29. The second-order valence-corrected chi connectivity index (χ2v) is 8.38. The van der Waals surface area contributed by atoms with Crippen LogP contribution in [0.3, 0.4) is 0 Å². The molecule has 4 N–H and O–H groups in total. The minimum absolute atomic E-state index is 0.0922. The Labute approximate surface area is 193 Å². The molecule has 0 aliphatic heterocycles. The summed E-state index contributed by atoms with van der Waals surface area (Å²) in [6, 6.07) is -0.910. The van der Waals surface area contributed by atoms with Gasteiger partial charge >= 0.3 is 0 Å². The van der Waals surface area contributed by atoms with Gasteiger partial charge in [0.15, 0.2) is 0 Å². The predicted octanol–water partition coefficient (Wildman–Crippen LogP) is -1.35. The average Bonchev–Trinajstić information content (AvgIpc) is 2.72. The van der Waals surface area contributed by atoms with Crippen molar-refractivity contribution in [2.75, 3.05) is 5.75 Å². The number of carboxylic acids is 3. The number of carboxylic acid groups (broad SMARTS) is 3. The second kappa shape index (κ2) is 19.3. The second-order valence-electron chi connectivity index (χ2n) is 7.17. The van der Waals surface area contributed by atoms with E-state index in [-0.39, 0.29) is 31.4 Å². The number of aliphatic hydroxyl groups is 1. The molecule has 0 heterocycles. The molecule has 0 amide bonds. The van der Waals surface area contributed by atoms with E-state index in [0.29, 0.717) is 6.42 Å². The van der Waals surface area contributed by atoms with E-state index in [2.05, 4.69) is 5.73 Å². The van der Waals surface area contributed by atoms with Crippen molar-refractivity contribution >= 4 is 29.7 Å². The van der Waals surface area contributed by atoms with Gasteiger partial charge in [0.2, 0.25) is 0 Å². The molecule has 8 nitrogen and oxygen atoms in total. The van der Waals surface area contributed by atoms with Crippen LogP contribution in [0, 0.1) is 0 Å². The van der Waals surface area contributed by atoms with Crippen LogP contribution >= 0.6 is 11.8 Å². The van der Waals surface area contributed by atoms with Crippen LogP contribution in [0.15, 0.2) is 48.6 Å². The summed E-state index contributed by atoms with van der Waals surface area (Å²) in [7, 11) is 0. The molecule has 180 valence electrons. The Bertz CT molecular complexity index is 673. The fourth-order valence-electron chi connectivity index (χ4n) is 2.49. The molecule has 0 radical (unpaired) electrons. The fourth-order valence-corrected chi connectivity index (χ4v) is 3.64. The summed E-state index contributed by atoms with van der Waals surface area (Å²) in [6.45, 7) is 0. The zero-order valence-corrected chi connectivity index (χ0v) is 19.0. The molecular weight excluding hydrogens is 434 g/mol. The third kappa shape index (κ3) is 18.4. The fraction of sp³-hybridized carbons (Fsp3) is 0.522. The van der Waals surface area contributed by atoms with E-state index in [1.807, 2.05) is 30.4 Å². The quantitative estimate of drug-likeness (QED) is 0.134. The van der Waals surface area contributed by atoms with E-state index in [9.17, 15) is 34.8 Å². The van der Waals surface area contributed by atoms with Crippen molar-refractivity contribution in [3.05, 3.63) is 48.6 Å². The number of carbonyl (C=O) groups excluding carboxylic acids is 3. The molecule has 0 bridgehead atoms. The minimum atomic E-state index is -1.26. The lowest BCUT2D eigenvalue weighted by Gasteiger charge is -2.20. The van der Waals surface area contributed by atoms with Crippen LogP contribution in [0.5, 0.6) is 0 Å². The number of quaternary nitrogens is 1. The van der Waals surface area contributed by atoms with Crippen LogP contribution < -0.4 is 21.1 Å². The Morgan fingerprint density at radius 3 is 2.19 bits per heavy atom. The van der Waals surface area contributed by atoms with Crippen LogP contribution in [0.4, 0.5) is 0 Å². The number of aliphatic carboxylic acids is 3. The van der Waals surface area contributed by atoms with E-state index in [4.69, 9.17) is 0 Å². The number of aliphatic hydroxyl groups excluding tert-OH is 1. The first kappa shape index (κ1) is 29.6. The average molecular weight is 468 g/mol. The van der Waals surface area contributed by atoms with Crippen molar-refractivity contribution in [2.24, 2.45) is 0 Å². The maximum absolute atomic E-state index is 10.8. The smallest absolute Gasteiger partial charge is 0.134 e. The molecule has 0 aliphatic carbocycles. The summed E-state index contributed by atoms with van der Waals surface area (Å²) in [5, 5.41) is 41.6. The van der Waals surface area contributed by atoms with Gasteiger partial charge in [0, 0.05) is 17.2 Å². The highest BCUT2D eigenvalue weighted by Gasteiger charge is 2.19. The van der Waals surface area contributed by atoms with Crippen molar-refractivity contribution < 1.29 is 40.5 Å². The van der Waals surface area contributed by atoms with Gasteiger partial charge in [0.25, 0.3) is 0 Å². The summed E-state index contributed by atoms with van der Waals surface area (Å²) in [5.41, 5.74) is 3.50. The largest absolute Gasteiger partial charge is 0.550 e. The molecular formula is C23H33NO7S-2. The number of unbranched alkanes of at least 4 members (excludes halogenated alkanes) is 2. The molecule has 0 aliphatic rings. The van der Waals surface area contributed by atoms with Crippen molar-refractivity contribution in [1.82, 2.24) is 0 Å². The summed E-state index contributed by atoms with van der Waals surface area (Å²) in [6.07, 6.45) is 17.6. The van der Waals surface area contributed by atoms with Crippen LogP contribution in [-0.2, 0) is 14.4 Å². The van der Waals surface area contributed by atoms with Crippen LogP contribution in [0.25, 0.3) is 0 Å². The minimum Gasteiger partial charge on any atom is -0.550 e. The first-order valence-corrected chi connectivity index (χ1v) is 11.7.